The number of nitrogens with zero attached hydrogens (tertiary/aromatic N) is 1. The van der Waals surface area contributed by atoms with Crippen molar-refractivity contribution in [2.45, 2.75) is 231 Å². The summed E-state index contributed by atoms with van der Waals surface area (Å²) in [6, 6.07) is -0.792. The Bertz CT molecular complexity index is 824. The largest absolute Gasteiger partial charge is 0.756 e. The van der Waals surface area contributed by atoms with Crippen LogP contribution in [0.5, 0.6) is 0 Å². The zero-order chi connectivity index (χ0) is 38.6. The Labute approximate surface area is 323 Å². The first-order valence-corrected chi connectivity index (χ1v) is 23.8. The van der Waals surface area contributed by atoms with Gasteiger partial charge in [-0.2, -0.15) is 0 Å². The number of quaternary nitrogens is 1. The maximum Gasteiger partial charge on any atom is 0.268 e. The summed E-state index contributed by atoms with van der Waals surface area (Å²) in [6.45, 7) is 4.73. The third-order valence-corrected chi connectivity index (χ3v) is 11.3. The molecule has 0 fully saturated rings. The van der Waals surface area contributed by atoms with Gasteiger partial charge in [0.1, 0.15) is 13.2 Å². The summed E-state index contributed by atoms with van der Waals surface area (Å²) in [5, 5.41) is 13.9. The summed E-state index contributed by atoms with van der Waals surface area (Å²) in [7, 11) is 1.32. The Balaban J connectivity index is 4.33. The van der Waals surface area contributed by atoms with E-state index in [-0.39, 0.29) is 19.1 Å². The molecule has 0 aliphatic heterocycles. The summed E-state index contributed by atoms with van der Waals surface area (Å²) in [5.41, 5.74) is 0. The molecule has 0 saturated carbocycles. The standard InChI is InChI=1S/C43H89N2O6P/c1-6-8-10-12-14-16-18-20-21-22-23-25-26-28-30-32-34-36-42(46)41(40-51-52(48,49)50-39-38-45(3,4)5)44-43(47)37-35-33-31-29-27-24-19-17-15-13-11-9-7-2/h41-42,46H,6-40H2,1-5H3,(H-,44,47,48,49). The van der Waals surface area contributed by atoms with E-state index >= 15 is 0 Å². The number of carbonyl (C=O) groups is 1. The van der Waals surface area contributed by atoms with Crippen LogP contribution >= 0.6 is 7.82 Å². The second kappa shape index (κ2) is 36.2. The predicted molar refractivity (Wildman–Crippen MR) is 219 cm³/mol. The molecule has 52 heavy (non-hydrogen) atoms. The monoisotopic (exact) mass is 761 g/mol. The Morgan fingerprint density at radius 3 is 1.31 bits per heavy atom. The number of hydrogen-bond acceptors (Lipinski definition) is 6. The first-order chi connectivity index (χ1) is 25.0. The van der Waals surface area contributed by atoms with Crippen LogP contribution < -0.4 is 10.2 Å². The number of nitrogens with one attached hydrogen (secondary N) is 1. The van der Waals surface area contributed by atoms with E-state index in [1.54, 1.807) is 0 Å². The van der Waals surface area contributed by atoms with Crippen molar-refractivity contribution < 1.29 is 32.9 Å². The number of hydrogen-bond donors (Lipinski definition) is 2. The van der Waals surface area contributed by atoms with E-state index in [4.69, 9.17) is 9.05 Å². The highest BCUT2D eigenvalue weighted by Crippen LogP contribution is 2.38. The van der Waals surface area contributed by atoms with Gasteiger partial charge >= 0.3 is 0 Å². The van der Waals surface area contributed by atoms with Crippen molar-refractivity contribution in [3.05, 3.63) is 0 Å². The minimum atomic E-state index is -4.55. The van der Waals surface area contributed by atoms with E-state index in [2.05, 4.69) is 19.2 Å². The van der Waals surface area contributed by atoms with E-state index in [0.29, 0.717) is 23.9 Å². The molecule has 1 amide bonds. The molecule has 0 bridgehead atoms. The Hall–Kier alpha value is -0.500. The minimum absolute atomic E-state index is 0.0160. The van der Waals surface area contributed by atoms with E-state index in [1.165, 1.54) is 154 Å². The Morgan fingerprint density at radius 2 is 0.942 bits per heavy atom. The minimum Gasteiger partial charge on any atom is -0.756 e. The van der Waals surface area contributed by atoms with Gasteiger partial charge in [0.15, 0.2) is 0 Å². The zero-order valence-electron chi connectivity index (χ0n) is 35.3. The van der Waals surface area contributed by atoms with Crippen molar-refractivity contribution in [2.24, 2.45) is 0 Å². The van der Waals surface area contributed by atoms with Crippen molar-refractivity contribution in [3.63, 3.8) is 0 Å². The Kier molecular flexibility index (Phi) is 35.8. The number of amides is 1. The van der Waals surface area contributed by atoms with E-state index < -0.39 is 20.0 Å². The molecule has 0 saturated heterocycles. The van der Waals surface area contributed by atoms with E-state index in [9.17, 15) is 19.4 Å². The highest BCUT2D eigenvalue weighted by Gasteiger charge is 2.24. The highest BCUT2D eigenvalue weighted by molar-refractivity contribution is 7.45. The lowest BCUT2D eigenvalue weighted by molar-refractivity contribution is -0.870. The van der Waals surface area contributed by atoms with Gasteiger partial charge in [0.2, 0.25) is 5.91 Å². The second-order valence-corrected chi connectivity index (χ2v) is 18.2. The SMILES string of the molecule is CCCCCCCCCCCCCCCCCCCC(O)C(COP(=O)([O-])OCC[N+](C)(C)C)NC(=O)CCCCCCCCCCCCCCC. The van der Waals surface area contributed by atoms with E-state index in [0.717, 1.165) is 38.5 Å². The molecule has 3 atom stereocenters. The van der Waals surface area contributed by atoms with Crippen LogP contribution in [-0.4, -0.2) is 68.5 Å². The smallest absolute Gasteiger partial charge is 0.268 e. The fourth-order valence-corrected chi connectivity index (χ4v) is 7.47. The van der Waals surface area contributed by atoms with Gasteiger partial charge in [0, 0.05) is 6.42 Å². The molecule has 0 aliphatic carbocycles. The maximum absolute atomic E-state index is 12.8. The van der Waals surface area contributed by atoms with Gasteiger partial charge in [0.05, 0.1) is 39.9 Å². The third kappa shape index (κ3) is 37.8. The molecule has 0 spiro atoms. The van der Waals surface area contributed by atoms with Crippen LogP contribution in [-0.2, 0) is 18.4 Å². The van der Waals surface area contributed by atoms with E-state index in [1.807, 2.05) is 21.1 Å². The van der Waals surface area contributed by atoms with Crippen LogP contribution in [0.3, 0.4) is 0 Å². The first-order valence-electron chi connectivity index (χ1n) is 22.4. The van der Waals surface area contributed by atoms with Crippen LogP contribution in [0.15, 0.2) is 0 Å². The number of aliphatic hydroxyl groups excluding tert-OH is 1. The maximum atomic E-state index is 12.8. The molecule has 0 rings (SSSR count). The van der Waals surface area contributed by atoms with Gasteiger partial charge in [-0.3, -0.25) is 9.36 Å². The molecule has 0 aromatic heterocycles. The van der Waals surface area contributed by atoms with Gasteiger partial charge in [-0.15, -0.1) is 0 Å². The predicted octanol–water partition coefficient (Wildman–Crippen LogP) is 11.6. The second-order valence-electron chi connectivity index (χ2n) is 16.8. The summed E-state index contributed by atoms with van der Waals surface area (Å²) in [4.78, 5) is 25.3. The van der Waals surface area contributed by atoms with Crippen LogP contribution in [0.25, 0.3) is 0 Å². The number of rotatable bonds is 41. The topological polar surface area (TPSA) is 108 Å². The average molecular weight is 761 g/mol. The fourth-order valence-electron chi connectivity index (χ4n) is 6.75. The lowest BCUT2D eigenvalue weighted by atomic mass is 10.0. The van der Waals surface area contributed by atoms with Gasteiger partial charge in [-0.1, -0.05) is 200 Å². The zero-order valence-corrected chi connectivity index (χ0v) is 36.2. The van der Waals surface area contributed by atoms with Crippen LogP contribution in [0.1, 0.15) is 219 Å². The van der Waals surface area contributed by atoms with Crippen molar-refractivity contribution in [3.8, 4) is 0 Å². The molecule has 312 valence electrons. The molecule has 0 aromatic carbocycles. The van der Waals surface area contributed by atoms with Crippen molar-refractivity contribution >= 4 is 13.7 Å². The fraction of sp³-hybridized carbons (Fsp3) is 0.977. The molecule has 0 aromatic rings. The average Bonchev–Trinajstić information content (AvgIpc) is 3.09. The van der Waals surface area contributed by atoms with Crippen LogP contribution in [0.4, 0.5) is 0 Å². The molecular formula is C43H89N2O6P. The first kappa shape index (κ1) is 51.5. The number of phosphoric ester groups is 1. The molecule has 8 nitrogen and oxygen atoms in total. The number of unbranched alkanes of at least 4 members (excludes halogenated alkanes) is 28. The summed E-state index contributed by atoms with van der Waals surface area (Å²) >= 11 is 0. The number of likely N-dealkylation sites (N-methyl/N-ethyl adjacent to an activating group) is 1. The van der Waals surface area contributed by atoms with Gasteiger partial charge < -0.3 is 28.8 Å². The summed E-state index contributed by atoms with van der Waals surface area (Å²) in [5.74, 6) is -0.162. The van der Waals surface area contributed by atoms with Gasteiger partial charge in [0.25, 0.3) is 7.82 Å². The lowest BCUT2D eigenvalue weighted by Crippen LogP contribution is -2.46. The molecule has 0 heterocycles. The van der Waals surface area contributed by atoms with Gasteiger partial charge in [-0.25, -0.2) is 0 Å². The van der Waals surface area contributed by atoms with Crippen molar-refractivity contribution in [1.29, 1.82) is 0 Å². The molecule has 0 radical (unpaired) electrons. The van der Waals surface area contributed by atoms with Crippen LogP contribution in [0.2, 0.25) is 0 Å². The molecular weight excluding hydrogens is 671 g/mol. The number of carbonyl (C=O) groups excluding carboxylic acids is 1. The summed E-state index contributed by atoms with van der Waals surface area (Å²) in [6.07, 6.45) is 38.1. The van der Waals surface area contributed by atoms with Crippen molar-refractivity contribution in [2.75, 3.05) is 40.9 Å². The number of aliphatic hydroxyl groups is 1. The number of phosphoric acid groups is 1. The molecule has 9 heteroatoms. The van der Waals surface area contributed by atoms with Crippen LogP contribution in [0, 0.1) is 0 Å². The molecule has 0 aliphatic rings. The Morgan fingerprint density at radius 1 is 0.596 bits per heavy atom. The lowest BCUT2D eigenvalue weighted by Gasteiger charge is -2.30. The molecule has 2 N–H and O–H groups in total. The summed E-state index contributed by atoms with van der Waals surface area (Å²) < 4.78 is 23.3. The highest BCUT2D eigenvalue weighted by atomic mass is 31.2. The normalized spacial score (nSPS) is 14.4. The van der Waals surface area contributed by atoms with Crippen molar-refractivity contribution in [1.82, 2.24) is 5.32 Å². The van der Waals surface area contributed by atoms with Gasteiger partial charge in [-0.05, 0) is 12.8 Å². The third-order valence-electron chi connectivity index (χ3n) is 10.3. The molecule has 3 unspecified atom stereocenters. The quantitative estimate of drug-likeness (QED) is 0.0365.